The van der Waals surface area contributed by atoms with Gasteiger partial charge >= 0.3 is 0 Å². The van der Waals surface area contributed by atoms with Gasteiger partial charge in [0.2, 0.25) is 0 Å². The summed E-state index contributed by atoms with van der Waals surface area (Å²) in [7, 11) is -0.0258. The fraction of sp³-hybridized carbons (Fsp3) is 0.846. The SMILES string of the molecule is CCC(C(C)=C(C)[SiH3])N(C(C)C)[Si](C)(C)C. The fourth-order valence-electron chi connectivity index (χ4n) is 2.65. The number of rotatable bonds is 5. The third-order valence-electron chi connectivity index (χ3n) is 3.34. The standard InChI is InChI=1S/C13H31NSi2/c1-9-13(11(4)12(5)15)14(10(2)3)16(6,7)8/h10,13H,9H2,1-8,15H3. The van der Waals surface area contributed by atoms with Crippen molar-refractivity contribution < 1.29 is 0 Å². The second-order valence-electron chi connectivity index (χ2n) is 6.28. The first-order valence-electron chi connectivity index (χ1n) is 6.55. The predicted octanol–water partition coefficient (Wildman–Crippen LogP) is 2.97. The average molecular weight is 258 g/mol. The van der Waals surface area contributed by atoms with Crippen LogP contribution < -0.4 is 0 Å². The molecule has 0 aliphatic rings. The van der Waals surface area contributed by atoms with Crippen molar-refractivity contribution in [3.8, 4) is 0 Å². The molecule has 1 nitrogen and oxygen atoms in total. The summed E-state index contributed by atoms with van der Waals surface area (Å²) < 4.78 is 2.80. The molecule has 0 spiro atoms. The molecule has 0 amide bonds. The van der Waals surface area contributed by atoms with Gasteiger partial charge in [0.05, 0.1) is 0 Å². The summed E-state index contributed by atoms with van der Waals surface area (Å²) in [4.78, 5) is 0. The van der Waals surface area contributed by atoms with Gasteiger partial charge < -0.3 is 4.57 Å². The van der Waals surface area contributed by atoms with Gasteiger partial charge in [0.15, 0.2) is 0 Å². The van der Waals surface area contributed by atoms with Crippen molar-refractivity contribution in [2.75, 3.05) is 0 Å². The van der Waals surface area contributed by atoms with Gasteiger partial charge in [0.25, 0.3) is 0 Å². The first-order chi connectivity index (χ1) is 7.12. The molecule has 0 aliphatic heterocycles. The van der Waals surface area contributed by atoms with E-state index in [-0.39, 0.29) is 0 Å². The van der Waals surface area contributed by atoms with E-state index in [1.54, 1.807) is 10.8 Å². The van der Waals surface area contributed by atoms with E-state index in [9.17, 15) is 0 Å². The maximum Gasteiger partial charge on any atom is 0.120 e. The van der Waals surface area contributed by atoms with E-state index in [4.69, 9.17) is 0 Å². The van der Waals surface area contributed by atoms with E-state index in [0.717, 1.165) is 0 Å². The van der Waals surface area contributed by atoms with Crippen LogP contribution in [-0.4, -0.2) is 35.1 Å². The third-order valence-corrected chi connectivity index (χ3v) is 6.51. The van der Waals surface area contributed by atoms with Gasteiger partial charge in [0.1, 0.15) is 8.24 Å². The predicted molar refractivity (Wildman–Crippen MR) is 82.7 cm³/mol. The summed E-state index contributed by atoms with van der Waals surface area (Å²) in [6.45, 7) is 19.0. The molecule has 3 heteroatoms. The molecule has 1 atom stereocenters. The number of allylic oxidation sites excluding steroid dienone is 1. The first-order valence-corrected chi connectivity index (χ1v) is 11.0. The lowest BCUT2D eigenvalue weighted by Gasteiger charge is -2.44. The molecule has 96 valence electrons. The van der Waals surface area contributed by atoms with E-state index in [1.807, 2.05) is 0 Å². The minimum atomic E-state index is -1.23. The maximum atomic E-state index is 2.80. The highest BCUT2D eigenvalue weighted by molar-refractivity contribution is 6.73. The number of hydrogen-bond donors (Lipinski definition) is 0. The van der Waals surface area contributed by atoms with Crippen molar-refractivity contribution in [1.29, 1.82) is 0 Å². The Kier molecular flexibility index (Phi) is 6.22. The Labute approximate surface area is 107 Å². The normalized spacial score (nSPS) is 16.9. The smallest absolute Gasteiger partial charge is 0.120 e. The molecule has 0 aromatic carbocycles. The highest BCUT2D eigenvalue weighted by Crippen LogP contribution is 2.25. The Hall–Kier alpha value is 0.134. The van der Waals surface area contributed by atoms with Gasteiger partial charge in [-0.05, 0) is 26.3 Å². The van der Waals surface area contributed by atoms with E-state index < -0.39 is 8.24 Å². The Morgan fingerprint density at radius 1 is 1.19 bits per heavy atom. The summed E-state index contributed by atoms with van der Waals surface area (Å²) in [5.41, 5.74) is 1.63. The Morgan fingerprint density at radius 2 is 1.62 bits per heavy atom. The van der Waals surface area contributed by atoms with Gasteiger partial charge in [-0.1, -0.05) is 51.2 Å². The van der Waals surface area contributed by atoms with Crippen LogP contribution in [0.25, 0.3) is 0 Å². The lowest BCUT2D eigenvalue weighted by molar-refractivity contribution is 0.286. The molecule has 0 heterocycles. The van der Waals surface area contributed by atoms with Crippen LogP contribution in [0, 0.1) is 0 Å². The van der Waals surface area contributed by atoms with Crippen molar-refractivity contribution in [2.45, 2.75) is 72.8 Å². The molecule has 0 aromatic heterocycles. The fourth-order valence-corrected chi connectivity index (χ4v) is 5.84. The average Bonchev–Trinajstić information content (AvgIpc) is 2.09. The lowest BCUT2D eigenvalue weighted by atomic mass is 10.1. The molecule has 0 radical (unpaired) electrons. The summed E-state index contributed by atoms with van der Waals surface area (Å²) in [6, 6.07) is 1.33. The van der Waals surface area contributed by atoms with Crippen LogP contribution >= 0.6 is 0 Å². The molecule has 0 N–H and O–H groups in total. The van der Waals surface area contributed by atoms with E-state index in [0.29, 0.717) is 12.1 Å². The van der Waals surface area contributed by atoms with Crippen LogP contribution in [0.1, 0.15) is 41.0 Å². The summed E-state index contributed by atoms with van der Waals surface area (Å²) in [5.74, 6) is 0. The summed E-state index contributed by atoms with van der Waals surface area (Å²) >= 11 is 0. The van der Waals surface area contributed by atoms with Crippen LogP contribution in [0.3, 0.4) is 0 Å². The first kappa shape index (κ1) is 16.1. The lowest BCUT2D eigenvalue weighted by Crippen LogP contribution is -2.55. The largest absolute Gasteiger partial charge is 0.315 e. The second-order valence-corrected chi connectivity index (χ2v) is 12.6. The quantitative estimate of drug-likeness (QED) is 0.685. The molecule has 0 aliphatic carbocycles. The minimum absolute atomic E-state index is 0.660. The zero-order valence-electron chi connectivity index (χ0n) is 12.8. The van der Waals surface area contributed by atoms with Crippen LogP contribution in [0.5, 0.6) is 0 Å². The van der Waals surface area contributed by atoms with Crippen molar-refractivity contribution >= 4 is 18.5 Å². The Balaban J connectivity index is 5.26. The molecule has 0 saturated carbocycles. The van der Waals surface area contributed by atoms with Gasteiger partial charge in [-0.2, -0.15) is 0 Å². The molecule has 0 bridgehead atoms. The van der Waals surface area contributed by atoms with Crippen molar-refractivity contribution in [3.63, 3.8) is 0 Å². The maximum absolute atomic E-state index is 2.80. The van der Waals surface area contributed by atoms with Crippen LogP contribution in [-0.2, 0) is 0 Å². The molecule has 1 unspecified atom stereocenters. The van der Waals surface area contributed by atoms with Crippen molar-refractivity contribution in [3.05, 3.63) is 10.8 Å². The van der Waals surface area contributed by atoms with Crippen molar-refractivity contribution in [2.24, 2.45) is 0 Å². The molecule has 0 rings (SSSR count). The Bertz CT molecular complexity index is 247. The van der Waals surface area contributed by atoms with Crippen LogP contribution in [0.4, 0.5) is 0 Å². The van der Waals surface area contributed by atoms with Gasteiger partial charge in [-0.15, -0.1) is 0 Å². The summed E-state index contributed by atoms with van der Waals surface area (Å²) in [5, 5.41) is 1.62. The molecular weight excluding hydrogens is 226 g/mol. The summed E-state index contributed by atoms with van der Waals surface area (Å²) in [6.07, 6.45) is 1.24. The van der Waals surface area contributed by atoms with Gasteiger partial charge in [-0.25, -0.2) is 0 Å². The van der Waals surface area contributed by atoms with E-state index in [2.05, 4.69) is 58.8 Å². The van der Waals surface area contributed by atoms with Crippen molar-refractivity contribution in [1.82, 2.24) is 4.57 Å². The zero-order chi connectivity index (χ0) is 13.1. The monoisotopic (exact) mass is 257 g/mol. The zero-order valence-corrected chi connectivity index (χ0v) is 15.8. The van der Waals surface area contributed by atoms with E-state index in [1.165, 1.54) is 16.7 Å². The highest BCUT2D eigenvalue weighted by Gasteiger charge is 2.32. The molecule has 0 saturated heterocycles. The van der Waals surface area contributed by atoms with Crippen LogP contribution in [0.2, 0.25) is 19.6 Å². The number of hydrogen-bond acceptors (Lipinski definition) is 1. The molecular formula is C13H31NSi2. The molecule has 16 heavy (non-hydrogen) atoms. The van der Waals surface area contributed by atoms with Crippen LogP contribution in [0.15, 0.2) is 10.8 Å². The Morgan fingerprint density at radius 3 is 1.81 bits per heavy atom. The molecule has 0 fully saturated rings. The molecule has 0 aromatic rings. The third kappa shape index (κ3) is 4.19. The topological polar surface area (TPSA) is 3.24 Å². The van der Waals surface area contributed by atoms with E-state index >= 15 is 0 Å². The minimum Gasteiger partial charge on any atom is -0.315 e. The number of nitrogens with zero attached hydrogens (tertiary/aromatic N) is 1. The second kappa shape index (κ2) is 6.17. The van der Waals surface area contributed by atoms with Gasteiger partial charge in [-0.3, -0.25) is 0 Å². The van der Waals surface area contributed by atoms with Gasteiger partial charge in [0, 0.05) is 16.3 Å². The highest BCUT2D eigenvalue weighted by atomic mass is 28.3.